The van der Waals surface area contributed by atoms with Crippen molar-refractivity contribution in [1.82, 2.24) is 4.90 Å². The van der Waals surface area contributed by atoms with Gasteiger partial charge in [-0.3, -0.25) is 4.79 Å². The van der Waals surface area contributed by atoms with Crippen LogP contribution in [0.15, 0.2) is 11.4 Å². The Bertz CT molecular complexity index is 294. The second-order valence-electron chi connectivity index (χ2n) is 2.58. The maximum Gasteiger partial charge on any atom is 0.264 e. The maximum absolute atomic E-state index is 11.8. The van der Waals surface area contributed by atoms with Crippen molar-refractivity contribution in [2.24, 2.45) is 0 Å². The zero-order valence-corrected chi connectivity index (χ0v) is 10.7. The molecule has 0 aliphatic heterocycles. The van der Waals surface area contributed by atoms with Gasteiger partial charge in [0.2, 0.25) is 0 Å². The smallest absolute Gasteiger partial charge is 0.264 e. The minimum absolute atomic E-state index is 0.157. The van der Waals surface area contributed by atoms with Crippen LogP contribution in [0.3, 0.4) is 0 Å². The summed E-state index contributed by atoms with van der Waals surface area (Å²) in [5, 5.41) is 1.96. The summed E-state index contributed by atoms with van der Waals surface area (Å²) in [7, 11) is 0. The average Bonchev–Trinajstić information content (AvgIpc) is 2.53. The van der Waals surface area contributed by atoms with E-state index in [0.29, 0.717) is 0 Å². The Kier molecular flexibility index (Phi) is 4.18. The highest BCUT2D eigenvalue weighted by molar-refractivity contribution is 14.1. The summed E-state index contributed by atoms with van der Waals surface area (Å²) in [6.45, 7) is 5.57. The molecule has 0 bridgehead atoms. The molecule has 0 aliphatic carbocycles. The van der Waals surface area contributed by atoms with Crippen molar-refractivity contribution in [2.75, 3.05) is 13.1 Å². The van der Waals surface area contributed by atoms with E-state index in [1.165, 1.54) is 11.3 Å². The van der Waals surface area contributed by atoms with Gasteiger partial charge in [0.1, 0.15) is 4.88 Å². The van der Waals surface area contributed by atoms with Gasteiger partial charge in [-0.05, 0) is 47.9 Å². The molecule has 4 heteroatoms. The predicted molar refractivity (Wildman–Crippen MR) is 64.3 cm³/mol. The van der Waals surface area contributed by atoms with Crippen molar-refractivity contribution in [3.8, 4) is 0 Å². The summed E-state index contributed by atoms with van der Waals surface area (Å²) >= 11 is 3.72. The van der Waals surface area contributed by atoms with E-state index >= 15 is 0 Å². The minimum Gasteiger partial charge on any atom is -0.338 e. The highest BCUT2D eigenvalue weighted by Crippen LogP contribution is 2.20. The Morgan fingerprint density at radius 2 is 2.15 bits per heavy atom. The van der Waals surface area contributed by atoms with Gasteiger partial charge in [-0.2, -0.15) is 0 Å². The van der Waals surface area contributed by atoms with E-state index in [2.05, 4.69) is 22.6 Å². The standard InChI is InChI=1S/C9H12INOS/c1-3-11(4-2)9(12)8-7(10)5-6-13-8/h5-6H,3-4H2,1-2H3. The first-order valence-corrected chi connectivity index (χ1v) is 6.18. The molecule has 13 heavy (non-hydrogen) atoms. The number of carbonyl (C=O) groups is 1. The lowest BCUT2D eigenvalue weighted by molar-refractivity contribution is 0.0777. The molecule has 0 spiro atoms. The molecule has 2 nitrogen and oxygen atoms in total. The average molecular weight is 309 g/mol. The van der Waals surface area contributed by atoms with E-state index in [0.717, 1.165) is 21.5 Å². The number of thiophene rings is 1. The summed E-state index contributed by atoms with van der Waals surface area (Å²) in [6.07, 6.45) is 0. The summed E-state index contributed by atoms with van der Waals surface area (Å²) in [6, 6.07) is 1.97. The lowest BCUT2D eigenvalue weighted by Gasteiger charge is -2.17. The number of hydrogen-bond donors (Lipinski definition) is 0. The Morgan fingerprint density at radius 3 is 2.54 bits per heavy atom. The van der Waals surface area contributed by atoms with E-state index in [9.17, 15) is 4.79 Å². The van der Waals surface area contributed by atoms with Gasteiger partial charge in [0.25, 0.3) is 5.91 Å². The molecule has 0 radical (unpaired) electrons. The van der Waals surface area contributed by atoms with Gasteiger partial charge >= 0.3 is 0 Å². The van der Waals surface area contributed by atoms with Gasteiger partial charge in [0, 0.05) is 16.7 Å². The van der Waals surface area contributed by atoms with Crippen LogP contribution in [0.1, 0.15) is 23.5 Å². The highest BCUT2D eigenvalue weighted by atomic mass is 127. The second-order valence-corrected chi connectivity index (χ2v) is 4.65. The third-order valence-electron chi connectivity index (χ3n) is 1.86. The van der Waals surface area contributed by atoms with E-state index in [4.69, 9.17) is 0 Å². The van der Waals surface area contributed by atoms with Crippen molar-refractivity contribution in [3.63, 3.8) is 0 Å². The number of amides is 1. The minimum atomic E-state index is 0.157. The lowest BCUT2D eigenvalue weighted by Crippen LogP contribution is -2.30. The van der Waals surface area contributed by atoms with Gasteiger partial charge in [0.15, 0.2) is 0 Å². The third kappa shape index (κ3) is 2.43. The fraction of sp³-hybridized carbons (Fsp3) is 0.444. The van der Waals surface area contributed by atoms with Crippen LogP contribution in [0.5, 0.6) is 0 Å². The molecule has 0 saturated carbocycles. The monoisotopic (exact) mass is 309 g/mol. The van der Waals surface area contributed by atoms with Gasteiger partial charge < -0.3 is 4.90 Å². The zero-order valence-electron chi connectivity index (χ0n) is 7.71. The fourth-order valence-corrected chi connectivity index (χ4v) is 2.89. The molecule has 0 atom stereocenters. The van der Waals surface area contributed by atoms with Crippen LogP contribution in [0.2, 0.25) is 0 Å². The molecule has 1 rings (SSSR count). The van der Waals surface area contributed by atoms with E-state index in [1.54, 1.807) is 0 Å². The largest absolute Gasteiger partial charge is 0.338 e. The molecule has 1 aromatic heterocycles. The first-order valence-electron chi connectivity index (χ1n) is 4.23. The number of hydrogen-bond acceptors (Lipinski definition) is 2. The van der Waals surface area contributed by atoms with E-state index in [1.807, 2.05) is 30.2 Å². The molecule has 1 amide bonds. The fourth-order valence-electron chi connectivity index (χ4n) is 1.10. The van der Waals surface area contributed by atoms with Crippen LogP contribution in [-0.4, -0.2) is 23.9 Å². The normalized spacial score (nSPS) is 10.1. The number of nitrogens with zero attached hydrogens (tertiary/aromatic N) is 1. The van der Waals surface area contributed by atoms with Crippen molar-refractivity contribution >= 4 is 39.8 Å². The molecule has 72 valence electrons. The van der Waals surface area contributed by atoms with Gasteiger partial charge in [-0.1, -0.05) is 0 Å². The number of halogens is 1. The van der Waals surface area contributed by atoms with Crippen LogP contribution in [0, 0.1) is 3.57 Å². The molecule has 0 aliphatic rings. The number of rotatable bonds is 3. The third-order valence-corrected chi connectivity index (χ3v) is 4.03. The molecule has 1 aromatic rings. The summed E-state index contributed by atoms with van der Waals surface area (Å²) < 4.78 is 1.06. The lowest BCUT2D eigenvalue weighted by atomic mass is 10.4. The number of carbonyl (C=O) groups excluding carboxylic acids is 1. The van der Waals surface area contributed by atoms with E-state index < -0.39 is 0 Å². The van der Waals surface area contributed by atoms with Crippen LogP contribution >= 0.6 is 33.9 Å². The topological polar surface area (TPSA) is 20.3 Å². The molecule has 0 saturated heterocycles. The summed E-state index contributed by atoms with van der Waals surface area (Å²) in [5.41, 5.74) is 0. The van der Waals surface area contributed by atoms with Crippen molar-refractivity contribution in [1.29, 1.82) is 0 Å². The molecule has 0 aromatic carbocycles. The Hall–Kier alpha value is -0.100. The molecule has 1 heterocycles. The van der Waals surface area contributed by atoms with Crippen LogP contribution in [-0.2, 0) is 0 Å². The van der Waals surface area contributed by atoms with E-state index in [-0.39, 0.29) is 5.91 Å². The first-order chi connectivity index (χ1) is 6.20. The van der Waals surface area contributed by atoms with Crippen molar-refractivity contribution in [3.05, 3.63) is 19.9 Å². The Balaban J connectivity index is 2.84. The Labute approximate surface area is 96.1 Å². The maximum atomic E-state index is 11.8. The predicted octanol–water partition coefficient (Wildman–Crippen LogP) is 2.83. The molecular formula is C9H12INOS. The van der Waals surface area contributed by atoms with Crippen LogP contribution in [0.25, 0.3) is 0 Å². The van der Waals surface area contributed by atoms with Gasteiger partial charge in [-0.15, -0.1) is 11.3 Å². The molecule has 0 fully saturated rings. The van der Waals surface area contributed by atoms with Crippen LogP contribution in [0.4, 0.5) is 0 Å². The van der Waals surface area contributed by atoms with Crippen molar-refractivity contribution < 1.29 is 4.79 Å². The molecular weight excluding hydrogens is 297 g/mol. The zero-order chi connectivity index (χ0) is 9.84. The van der Waals surface area contributed by atoms with Crippen LogP contribution < -0.4 is 0 Å². The van der Waals surface area contributed by atoms with Crippen molar-refractivity contribution in [2.45, 2.75) is 13.8 Å². The Morgan fingerprint density at radius 1 is 1.54 bits per heavy atom. The summed E-state index contributed by atoms with van der Waals surface area (Å²) in [4.78, 5) is 14.5. The SMILES string of the molecule is CCN(CC)C(=O)c1sccc1I. The van der Waals surface area contributed by atoms with Gasteiger partial charge in [-0.25, -0.2) is 0 Å². The first kappa shape index (κ1) is 11.0. The van der Waals surface area contributed by atoms with Gasteiger partial charge in [0.05, 0.1) is 0 Å². The second kappa shape index (κ2) is 4.95. The summed E-state index contributed by atoms with van der Waals surface area (Å²) in [5.74, 6) is 0.157. The molecule has 0 N–H and O–H groups in total. The quantitative estimate of drug-likeness (QED) is 0.786. The molecule has 0 unspecified atom stereocenters. The highest BCUT2D eigenvalue weighted by Gasteiger charge is 2.16.